The maximum absolute atomic E-state index is 12.2. The molecule has 2 rings (SSSR count). The Labute approximate surface area is 148 Å². The lowest BCUT2D eigenvalue weighted by Crippen LogP contribution is -2.77. The third-order valence-electron chi connectivity index (χ3n) is 5.42. The van der Waals surface area contributed by atoms with Crippen LogP contribution in [0.5, 0.6) is 0 Å². The summed E-state index contributed by atoms with van der Waals surface area (Å²) in [5.74, 6) is 0. The van der Waals surface area contributed by atoms with Gasteiger partial charge in [-0.2, -0.15) is 4.79 Å². The second-order valence-corrected chi connectivity index (χ2v) is 8.05. The van der Waals surface area contributed by atoms with Crippen LogP contribution < -0.4 is 0 Å². The lowest BCUT2D eigenvalue weighted by atomic mass is 9.91. The lowest BCUT2D eigenvalue weighted by Gasteiger charge is -2.55. The van der Waals surface area contributed by atoms with Crippen molar-refractivity contribution in [1.82, 2.24) is 4.90 Å². The van der Waals surface area contributed by atoms with Gasteiger partial charge in [-0.1, -0.05) is 12.1 Å². The fourth-order valence-corrected chi connectivity index (χ4v) is 4.61. The number of amides is 1. The van der Waals surface area contributed by atoms with Crippen LogP contribution in [0.3, 0.4) is 0 Å². The molecule has 25 heavy (non-hydrogen) atoms. The summed E-state index contributed by atoms with van der Waals surface area (Å²) < 4.78 is 0.0454. The number of carbonyl (C=O) groups is 1. The molecule has 0 saturated carbocycles. The Morgan fingerprint density at radius 1 is 1.24 bits per heavy atom. The predicted octanol–water partition coefficient (Wildman–Crippen LogP) is 3.48. The third kappa shape index (κ3) is 3.39. The van der Waals surface area contributed by atoms with E-state index < -0.39 is 16.6 Å². The van der Waals surface area contributed by atoms with E-state index in [1.807, 2.05) is 34.6 Å². The van der Waals surface area contributed by atoms with Crippen molar-refractivity contribution < 1.29 is 19.3 Å². The highest BCUT2D eigenvalue weighted by Gasteiger charge is 2.58. The maximum Gasteiger partial charge on any atom is 0.514 e. The zero-order valence-corrected chi connectivity index (χ0v) is 15.6. The first kappa shape index (κ1) is 19.3. The number of piperazine rings is 1. The summed E-state index contributed by atoms with van der Waals surface area (Å²) >= 11 is 0. The number of nitrogens with zero attached hydrogens (tertiary/aromatic N) is 3. The first-order valence-electron chi connectivity index (χ1n) is 8.57. The van der Waals surface area contributed by atoms with Gasteiger partial charge >= 0.3 is 6.09 Å². The molecule has 0 aromatic heterocycles. The molecule has 1 aliphatic rings. The molecule has 138 valence electrons. The number of rotatable bonds is 3. The van der Waals surface area contributed by atoms with Crippen molar-refractivity contribution in [3.8, 4) is 0 Å². The van der Waals surface area contributed by atoms with E-state index in [4.69, 9.17) is 0 Å². The van der Waals surface area contributed by atoms with Gasteiger partial charge in [0.15, 0.2) is 0 Å². The van der Waals surface area contributed by atoms with Gasteiger partial charge < -0.3 is 5.11 Å². The van der Waals surface area contributed by atoms with Gasteiger partial charge in [-0.25, -0.2) is 4.48 Å². The number of benzene rings is 1. The van der Waals surface area contributed by atoms with Crippen molar-refractivity contribution in [3.63, 3.8) is 0 Å². The summed E-state index contributed by atoms with van der Waals surface area (Å²) in [6.07, 6.45) is -0.775. The molecule has 1 aliphatic heterocycles. The van der Waals surface area contributed by atoms with E-state index in [2.05, 4.69) is 4.90 Å². The quantitative estimate of drug-likeness (QED) is 0.512. The van der Waals surface area contributed by atoms with Gasteiger partial charge in [0.05, 0.1) is 18.0 Å². The molecule has 0 bridgehead atoms. The normalized spacial score (nSPS) is 27.9. The van der Waals surface area contributed by atoms with Crippen LogP contribution in [0, 0.1) is 10.1 Å². The molecule has 2 atom stereocenters. The molecule has 2 unspecified atom stereocenters. The molecular weight excluding hydrogens is 322 g/mol. The molecule has 1 aromatic carbocycles. The molecule has 1 heterocycles. The molecule has 1 N–H and O–H groups in total. The topological polar surface area (TPSA) is 83.7 Å². The van der Waals surface area contributed by atoms with Crippen LogP contribution in [0.25, 0.3) is 0 Å². The van der Waals surface area contributed by atoms with Crippen molar-refractivity contribution in [3.05, 3.63) is 39.9 Å². The fraction of sp³-hybridized carbons (Fsp3) is 0.611. The van der Waals surface area contributed by atoms with E-state index in [1.165, 1.54) is 12.1 Å². The standard InChI is InChI=1S/C18H27N3O4/c1-13-10-19(12-15-6-8-16(9-7-15)20(24)25)11-14(2)21(13,17(22)23)18(3,4)5/h6-9,13-14H,10-12H2,1-5H3/p+1. The van der Waals surface area contributed by atoms with Gasteiger partial charge in [0.2, 0.25) is 0 Å². The summed E-state index contributed by atoms with van der Waals surface area (Å²) in [4.78, 5) is 24.8. The molecule has 1 amide bonds. The van der Waals surface area contributed by atoms with Gasteiger partial charge in [0.1, 0.15) is 17.6 Å². The van der Waals surface area contributed by atoms with E-state index in [1.54, 1.807) is 12.1 Å². The summed E-state index contributed by atoms with van der Waals surface area (Å²) in [6, 6.07) is 6.45. The Morgan fingerprint density at radius 3 is 2.08 bits per heavy atom. The average molecular weight is 350 g/mol. The Hall–Kier alpha value is -1.99. The van der Waals surface area contributed by atoms with Gasteiger partial charge in [0, 0.05) is 18.7 Å². The minimum Gasteiger partial charge on any atom is -0.435 e. The minimum absolute atomic E-state index is 0.0454. The third-order valence-corrected chi connectivity index (χ3v) is 5.42. The summed E-state index contributed by atoms with van der Waals surface area (Å²) in [7, 11) is 0. The van der Waals surface area contributed by atoms with Crippen molar-refractivity contribution in [2.75, 3.05) is 13.1 Å². The number of hydrogen-bond acceptors (Lipinski definition) is 4. The predicted molar refractivity (Wildman–Crippen MR) is 95.3 cm³/mol. The van der Waals surface area contributed by atoms with E-state index >= 15 is 0 Å². The smallest absolute Gasteiger partial charge is 0.435 e. The van der Waals surface area contributed by atoms with E-state index in [-0.39, 0.29) is 22.3 Å². The summed E-state index contributed by atoms with van der Waals surface area (Å²) in [5, 5.41) is 20.8. The van der Waals surface area contributed by atoms with Crippen molar-refractivity contribution in [2.45, 2.75) is 58.8 Å². The van der Waals surface area contributed by atoms with Crippen LogP contribution >= 0.6 is 0 Å². The largest absolute Gasteiger partial charge is 0.514 e. The lowest BCUT2D eigenvalue weighted by molar-refractivity contribution is -0.949. The Morgan fingerprint density at radius 2 is 1.72 bits per heavy atom. The number of hydrogen-bond donors (Lipinski definition) is 1. The zero-order valence-electron chi connectivity index (χ0n) is 15.6. The van der Waals surface area contributed by atoms with E-state index in [0.29, 0.717) is 19.6 Å². The maximum atomic E-state index is 12.2. The first-order valence-corrected chi connectivity index (χ1v) is 8.57. The highest BCUT2D eigenvalue weighted by Crippen LogP contribution is 2.36. The Bertz CT molecular complexity index is 639. The van der Waals surface area contributed by atoms with Crippen LogP contribution in [0.4, 0.5) is 10.5 Å². The molecule has 1 aromatic rings. The number of non-ortho nitro benzene ring substituents is 1. The van der Waals surface area contributed by atoms with Gasteiger partial charge in [-0.15, -0.1) is 0 Å². The number of quaternary nitrogens is 1. The SMILES string of the molecule is CC1CN(Cc2ccc([N+](=O)[O-])cc2)CC(C)[N+]1(C(=O)O)C(C)(C)C. The summed E-state index contributed by atoms with van der Waals surface area (Å²) in [5.41, 5.74) is 0.680. The van der Waals surface area contributed by atoms with E-state index in [0.717, 1.165) is 5.56 Å². The number of carboxylic acid groups (broad SMARTS) is 1. The number of nitro groups is 1. The van der Waals surface area contributed by atoms with Crippen molar-refractivity contribution in [1.29, 1.82) is 0 Å². The average Bonchev–Trinajstić information content (AvgIpc) is 2.45. The monoisotopic (exact) mass is 350 g/mol. The van der Waals surface area contributed by atoms with Crippen molar-refractivity contribution >= 4 is 11.8 Å². The number of nitro benzene ring substituents is 1. The highest BCUT2D eigenvalue weighted by atomic mass is 16.6. The summed E-state index contributed by atoms with van der Waals surface area (Å²) in [6.45, 7) is 12.0. The zero-order chi connectivity index (χ0) is 19.0. The van der Waals surface area contributed by atoms with Gasteiger partial charge in [-0.3, -0.25) is 15.0 Å². The fourth-order valence-electron chi connectivity index (χ4n) is 4.61. The van der Waals surface area contributed by atoms with Crippen LogP contribution in [-0.2, 0) is 6.54 Å². The van der Waals surface area contributed by atoms with Gasteiger partial charge in [0.25, 0.3) is 5.69 Å². The van der Waals surface area contributed by atoms with Gasteiger partial charge in [-0.05, 0) is 40.2 Å². The Balaban J connectivity index is 2.19. The van der Waals surface area contributed by atoms with Crippen LogP contribution in [-0.4, -0.2) is 56.2 Å². The molecule has 1 saturated heterocycles. The molecule has 0 aliphatic carbocycles. The van der Waals surface area contributed by atoms with Crippen LogP contribution in [0.15, 0.2) is 24.3 Å². The molecule has 7 heteroatoms. The minimum atomic E-state index is -0.775. The molecular formula is C18H28N3O4+. The van der Waals surface area contributed by atoms with Crippen LogP contribution in [0.2, 0.25) is 0 Å². The second-order valence-electron chi connectivity index (χ2n) is 8.05. The molecule has 7 nitrogen and oxygen atoms in total. The van der Waals surface area contributed by atoms with E-state index in [9.17, 15) is 20.0 Å². The molecule has 0 radical (unpaired) electrons. The van der Waals surface area contributed by atoms with Crippen LogP contribution in [0.1, 0.15) is 40.2 Å². The molecule has 1 fully saturated rings. The second kappa shape index (κ2) is 6.72. The Kier molecular flexibility index (Phi) is 5.20. The molecule has 0 spiro atoms. The highest BCUT2D eigenvalue weighted by molar-refractivity contribution is 5.58. The first-order chi connectivity index (χ1) is 11.5. The van der Waals surface area contributed by atoms with Crippen molar-refractivity contribution in [2.24, 2.45) is 0 Å².